The van der Waals surface area contributed by atoms with Crippen molar-refractivity contribution in [2.45, 2.75) is 24.9 Å². The monoisotopic (exact) mass is 394 g/mol. The fourth-order valence-electron chi connectivity index (χ4n) is 2.17. The summed E-state index contributed by atoms with van der Waals surface area (Å²) in [6, 6.07) is 7.68. The number of benzene rings is 2. The average molecular weight is 394 g/mol. The Morgan fingerprint density at radius 2 is 1.30 bits per heavy atom. The van der Waals surface area contributed by atoms with Crippen molar-refractivity contribution in [2.75, 3.05) is 5.32 Å². The van der Waals surface area contributed by atoms with Gasteiger partial charge < -0.3 is 10.6 Å². The zero-order valence-corrected chi connectivity index (χ0v) is 13.7. The number of hydrogen-bond acceptors (Lipinski definition) is 2. The van der Waals surface area contributed by atoms with E-state index in [0.717, 1.165) is 41.7 Å². The number of aryl methyl sites for hydroxylation is 1. The fourth-order valence-corrected chi connectivity index (χ4v) is 2.17. The minimum absolute atomic E-state index is 0.505. The highest BCUT2D eigenvalue weighted by atomic mass is 19.4. The number of nitrogens with one attached hydrogen (secondary N) is 2. The van der Waals surface area contributed by atoms with Gasteiger partial charge in [-0.2, -0.15) is 26.3 Å². The number of anilines is 1. The largest absolute Gasteiger partial charge is 0.439 e. The van der Waals surface area contributed by atoms with Crippen LogP contribution in [0.15, 0.2) is 48.5 Å². The minimum Gasteiger partial charge on any atom is -0.348 e. The molecule has 0 aromatic heterocycles. The van der Waals surface area contributed by atoms with Crippen LogP contribution >= 0.6 is 0 Å². The molecular weight excluding hydrogens is 381 g/mol. The van der Waals surface area contributed by atoms with E-state index in [1.165, 1.54) is 17.4 Å². The first kappa shape index (κ1) is 20.5. The molecule has 0 aliphatic heterocycles. The summed E-state index contributed by atoms with van der Waals surface area (Å²) in [5, 5.41) is 2.34. The Morgan fingerprint density at radius 3 is 1.74 bits per heavy atom. The lowest BCUT2D eigenvalue weighted by Crippen LogP contribution is -2.72. The fraction of sp³-hybridized carbons (Fsp3) is 0.235. The summed E-state index contributed by atoms with van der Waals surface area (Å²) in [6.45, 7) is 1.60. The van der Waals surface area contributed by atoms with Gasteiger partial charge in [-0.1, -0.05) is 17.7 Å². The van der Waals surface area contributed by atoms with E-state index in [9.17, 15) is 35.5 Å². The summed E-state index contributed by atoms with van der Waals surface area (Å²) in [5.74, 6) is -2.48. The van der Waals surface area contributed by atoms with Crippen LogP contribution in [-0.4, -0.2) is 23.9 Å². The van der Waals surface area contributed by atoms with Crippen molar-refractivity contribution in [2.24, 2.45) is 0 Å². The molecule has 0 aliphatic rings. The predicted molar refractivity (Wildman–Crippen MR) is 83.5 cm³/mol. The first-order valence-corrected chi connectivity index (χ1v) is 7.42. The van der Waals surface area contributed by atoms with E-state index in [0.29, 0.717) is 5.56 Å². The van der Waals surface area contributed by atoms with Crippen LogP contribution in [0, 0.1) is 12.7 Å². The van der Waals surface area contributed by atoms with Gasteiger partial charge >= 0.3 is 18.0 Å². The third-order valence-corrected chi connectivity index (χ3v) is 3.64. The Bertz CT molecular complexity index is 782. The smallest absolute Gasteiger partial charge is 0.348 e. The van der Waals surface area contributed by atoms with Gasteiger partial charge in [-0.15, -0.1) is 0 Å². The molecule has 146 valence electrons. The normalized spacial score (nSPS) is 12.6. The van der Waals surface area contributed by atoms with Gasteiger partial charge in [0.05, 0.1) is 0 Å². The molecule has 1 amide bonds. The first-order valence-electron chi connectivity index (χ1n) is 7.42. The molecule has 0 radical (unpaired) electrons. The summed E-state index contributed by atoms with van der Waals surface area (Å²) < 4.78 is 94.0. The maximum absolute atomic E-state index is 13.5. The van der Waals surface area contributed by atoms with Gasteiger partial charge in [0.25, 0.3) is 5.91 Å². The highest BCUT2D eigenvalue weighted by Crippen LogP contribution is 2.43. The van der Waals surface area contributed by atoms with Crippen molar-refractivity contribution in [1.29, 1.82) is 0 Å². The molecule has 0 unspecified atom stereocenters. The number of carbonyl (C=O) groups is 1. The second-order valence-electron chi connectivity index (χ2n) is 5.70. The van der Waals surface area contributed by atoms with Gasteiger partial charge in [0.1, 0.15) is 5.82 Å². The van der Waals surface area contributed by atoms with Gasteiger partial charge in [0, 0.05) is 11.3 Å². The molecule has 0 saturated heterocycles. The van der Waals surface area contributed by atoms with Crippen LogP contribution < -0.4 is 10.6 Å². The summed E-state index contributed by atoms with van der Waals surface area (Å²) in [5.41, 5.74) is -5.21. The number of hydrogen-bond donors (Lipinski definition) is 2. The molecule has 0 saturated carbocycles. The number of alkyl halides is 6. The molecule has 27 heavy (non-hydrogen) atoms. The van der Waals surface area contributed by atoms with Crippen molar-refractivity contribution in [1.82, 2.24) is 5.32 Å². The molecule has 10 heteroatoms. The van der Waals surface area contributed by atoms with Crippen molar-refractivity contribution < 1.29 is 35.5 Å². The lowest BCUT2D eigenvalue weighted by molar-refractivity contribution is -0.294. The van der Waals surface area contributed by atoms with E-state index >= 15 is 0 Å². The summed E-state index contributed by atoms with van der Waals surface area (Å²) in [6.07, 6.45) is -11.9. The Morgan fingerprint density at radius 1 is 0.815 bits per heavy atom. The van der Waals surface area contributed by atoms with E-state index in [2.05, 4.69) is 0 Å². The van der Waals surface area contributed by atoms with Crippen LogP contribution in [0.4, 0.5) is 36.4 Å². The molecule has 2 aromatic carbocycles. The van der Waals surface area contributed by atoms with Crippen LogP contribution in [-0.2, 0) is 0 Å². The zero-order valence-electron chi connectivity index (χ0n) is 13.7. The van der Waals surface area contributed by atoms with E-state index in [1.54, 1.807) is 6.92 Å². The Labute approximate surface area is 149 Å². The Hall–Kier alpha value is -2.78. The lowest BCUT2D eigenvalue weighted by atomic mass is 10.1. The van der Waals surface area contributed by atoms with Crippen LogP contribution in [0.3, 0.4) is 0 Å². The molecule has 2 N–H and O–H groups in total. The summed E-state index contributed by atoms with van der Waals surface area (Å²) in [4.78, 5) is 12.0. The van der Waals surface area contributed by atoms with E-state index in [1.807, 2.05) is 0 Å². The molecule has 2 rings (SSSR count). The number of halogens is 7. The molecule has 2 aromatic rings. The third kappa shape index (κ3) is 4.32. The van der Waals surface area contributed by atoms with Gasteiger partial charge in [-0.05, 0) is 43.3 Å². The first-order chi connectivity index (χ1) is 12.4. The second-order valence-corrected chi connectivity index (χ2v) is 5.70. The Balaban J connectivity index is 2.49. The summed E-state index contributed by atoms with van der Waals surface area (Å²) >= 11 is 0. The minimum atomic E-state index is -5.94. The molecule has 0 atom stereocenters. The van der Waals surface area contributed by atoms with Crippen LogP contribution in [0.25, 0.3) is 0 Å². The molecule has 0 fully saturated rings. The average Bonchev–Trinajstić information content (AvgIpc) is 2.54. The highest BCUT2D eigenvalue weighted by molar-refractivity contribution is 5.95. The van der Waals surface area contributed by atoms with E-state index < -0.39 is 41.0 Å². The third-order valence-electron chi connectivity index (χ3n) is 3.64. The maximum atomic E-state index is 13.5. The van der Waals surface area contributed by atoms with Crippen molar-refractivity contribution in [3.8, 4) is 0 Å². The van der Waals surface area contributed by atoms with Crippen molar-refractivity contribution >= 4 is 11.6 Å². The predicted octanol–water partition coefficient (Wildman–Crippen LogP) is 4.80. The lowest BCUT2D eigenvalue weighted by Gasteiger charge is -2.39. The molecule has 0 heterocycles. The van der Waals surface area contributed by atoms with Crippen molar-refractivity contribution in [3.63, 3.8) is 0 Å². The van der Waals surface area contributed by atoms with Crippen LogP contribution in [0.5, 0.6) is 0 Å². The van der Waals surface area contributed by atoms with Gasteiger partial charge in [0.2, 0.25) is 0 Å². The molecule has 0 aliphatic carbocycles. The van der Waals surface area contributed by atoms with Crippen molar-refractivity contribution in [3.05, 3.63) is 65.5 Å². The number of carbonyl (C=O) groups excluding carboxylic acids is 1. The van der Waals surface area contributed by atoms with Crippen LogP contribution in [0.1, 0.15) is 15.9 Å². The zero-order chi connectivity index (χ0) is 20.5. The second kappa shape index (κ2) is 7.09. The van der Waals surface area contributed by atoms with E-state index in [-0.39, 0.29) is 0 Å². The number of amides is 1. The SMILES string of the molecule is Cc1ccc(NC(NC(=O)c2ccc(F)cc2)(C(F)(F)F)C(F)(F)F)cc1. The molecule has 0 spiro atoms. The molecular formula is C17H13F7N2O. The van der Waals surface area contributed by atoms with E-state index in [4.69, 9.17) is 0 Å². The number of rotatable bonds is 4. The van der Waals surface area contributed by atoms with Gasteiger partial charge in [0.15, 0.2) is 0 Å². The topological polar surface area (TPSA) is 41.1 Å². The van der Waals surface area contributed by atoms with Gasteiger partial charge in [-0.25, -0.2) is 4.39 Å². The van der Waals surface area contributed by atoms with Gasteiger partial charge in [-0.3, -0.25) is 4.79 Å². The Kier molecular flexibility index (Phi) is 5.39. The standard InChI is InChI=1S/C17H13F7N2O/c1-10-2-8-13(9-3-10)25-15(16(19,20)21,17(22,23)24)26-14(27)11-4-6-12(18)7-5-11/h2-9,25H,1H3,(H,26,27). The summed E-state index contributed by atoms with van der Waals surface area (Å²) in [7, 11) is 0. The van der Waals surface area contributed by atoms with Crippen LogP contribution in [0.2, 0.25) is 0 Å². The molecule has 3 nitrogen and oxygen atoms in total. The molecule has 0 bridgehead atoms. The highest BCUT2D eigenvalue weighted by Gasteiger charge is 2.72. The maximum Gasteiger partial charge on any atom is 0.439 e. The quantitative estimate of drug-likeness (QED) is 0.578.